The second kappa shape index (κ2) is 7.03. The van der Waals surface area contributed by atoms with Crippen LogP contribution in [0.3, 0.4) is 0 Å². The first kappa shape index (κ1) is 18.6. The van der Waals surface area contributed by atoms with E-state index in [1.54, 1.807) is 6.07 Å². The van der Waals surface area contributed by atoms with Crippen LogP contribution in [0.4, 0.5) is 4.39 Å². The predicted octanol–water partition coefficient (Wildman–Crippen LogP) is 8.28. The lowest BCUT2D eigenvalue weighted by Crippen LogP contribution is -1.90. The summed E-state index contributed by atoms with van der Waals surface area (Å²) in [7, 11) is 0. The minimum atomic E-state index is -0.125. The summed E-state index contributed by atoms with van der Waals surface area (Å²) in [5.74, 6) is 1.07. The minimum Gasteiger partial charge on any atom is -0.493 e. The molecule has 3 heterocycles. The second-order valence-corrected chi connectivity index (χ2v) is 10.8. The van der Waals surface area contributed by atoms with E-state index in [1.807, 2.05) is 17.4 Å². The van der Waals surface area contributed by atoms with Gasteiger partial charge in [0.1, 0.15) is 5.75 Å². The van der Waals surface area contributed by atoms with E-state index in [9.17, 15) is 4.39 Å². The zero-order valence-corrected chi connectivity index (χ0v) is 18.9. The SMILES string of the molecule is Fc1cc2c(ccc3cc4c(ccc5sc(CCc6ccc7c(c6)OCC7)cc54)cc32)s1. The van der Waals surface area contributed by atoms with Gasteiger partial charge in [-0.15, -0.1) is 22.7 Å². The van der Waals surface area contributed by atoms with Crippen LogP contribution in [0.2, 0.25) is 0 Å². The largest absolute Gasteiger partial charge is 0.493 e. The van der Waals surface area contributed by atoms with Gasteiger partial charge in [-0.25, -0.2) is 0 Å². The summed E-state index contributed by atoms with van der Waals surface area (Å²) in [5, 5.41) is 6.99. The van der Waals surface area contributed by atoms with Gasteiger partial charge in [0.15, 0.2) is 5.13 Å². The van der Waals surface area contributed by atoms with Gasteiger partial charge in [0.2, 0.25) is 0 Å². The molecule has 0 saturated heterocycles. The lowest BCUT2D eigenvalue weighted by Gasteiger charge is -2.05. The van der Waals surface area contributed by atoms with E-state index < -0.39 is 0 Å². The first-order valence-corrected chi connectivity index (χ1v) is 12.6. The molecule has 0 unspecified atom stereocenters. The normalized spacial score (nSPS) is 13.4. The molecule has 0 saturated carbocycles. The molecule has 4 aromatic carbocycles. The molecule has 156 valence electrons. The van der Waals surface area contributed by atoms with Crippen molar-refractivity contribution in [2.24, 2.45) is 0 Å². The first-order chi connectivity index (χ1) is 15.7. The van der Waals surface area contributed by atoms with Gasteiger partial charge in [-0.3, -0.25) is 0 Å². The zero-order valence-electron chi connectivity index (χ0n) is 17.3. The van der Waals surface area contributed by atoms with Crippen molar-refractivity contribution >= 4 is 64.4 Å². The van der Waals surface area contributed by atoms with Crippen molar-refractivity contribution in [2.45, 2.75) is 19.3 Å². The second-order valence-electron chi connectivity index (χ2n) is 8.55. The molecule has 0 bridgehead atoms. The number of aryl methyl sites for hydroxylation is 2. The van der Waals surface area contributed by atoms with Crippen LogP contribution in [0.1, 0.15) is 16.0 Å². The Morgan fingerprint density at radius 3 is 2.28 bits per heavy atom. The van der Waals surface area contributed by atoms with Gasteiger partial charge in [-0.05, 0) is 88.0 Å². The number of halogens is 1. The molecule has 0 aliphatic carbocycles. The summed E-state index contributed by atoms with van der Waals surface area (Å²) < 4.78 is 21.9. The number of ether oxygens (including phenoxy) is 1. The van der Waals surface area contributed by atoms with E-state index in [2.05, 4.69) is 54.6 Å². The first-order valence-electron chi connectivity index (χ1n) is 10.9. The summed E-state index contributed by atoms with van der Waals surface area (Å²) in [4.78, 5) is 1.41. The molecule has 1 nitrogen and oxygen atoms in total. The third kappa shape index (κ3) is 2.94. The molecule has 6 aromatic rings. The summed E-state index contributed by atoms with van der Waals surface area (Å²) in [6.07, 6.45) is 3.08. The average Bonchev–Trinajstić information content (AvgIpc) is 3.53. The molecule has 0 spiro atoms. The summed E-state index contributed by atoms with van der Waals surface area (Å²) in [6, 6.07) is 23.8. The summed E-state index contributed by atoms with van der Waals surface area (Å²) >= 11 is 3.10. The number of benzene rings is 4. The molecule has 0 N–H and O–H groups in total. The fourth-order valence-electron chi connectivity index (χ4n) is 4.96. The van der Waals surface area contributed by atoms with Crippen molar-refractivity contribution in [3.63, 3.8) is 0 Å². The Morgan fingerprint density at radius 1 is 0.719 bits per heavy atom. The van der Waals surface area contributed by atoms with Gasteiger partial charge in [0, 0.05) is 31.5 Å². The lowest BCUT2D eigenvalue weighted by atomic mass is 9.99. The molecule has 1 aliphatic heterocycles. The third-order valence-corrected chi connectivity index (χ3v) is 8.64. The van der Waals surface area contributed by atoms with Crippen LogP contribution in [-0.4, -0.2) is 6.61 Å². The van der Waals surface area contributed by atoms with E-state index in [4.69, 9.17) is 4.74 Å². The Labute approximate surface area is 192 Å². The van der Waals surface area contributed by atoms with Crippen molar-refractivity contribution in [3.8, 4) is 5.75 Å². The van der Waals surface area contributed by atoms with Gasteiger partial charge < -0.3 is 4.74 Å². The van der Waals surface area contributed by atoms with Crippen LogP contribution in [0.15, 0.2) is 66.7 Å². The highest BCUT2D eigenvalue weighted by Crippen LogP contribution is 2.38. The molecular formula is C28H19FOS2. The molecule has 4 heteroatoms. The highest BCUT2D eigenvalue weighted by atomic mass is 32.1. The number of hydrogen-bond acceptors (Lipinski definition) is 3. The third-order valence-electron chi connectivity index (χ3n) is 6.59. The predicted molar refractivity (Wildman–Crippen MR) is 135 cm³/mol. The molecule has 0 amide bonds. The molecule has 0 atom stereocenters. The molecule has 7 rings (SSSR count). The van der Waals surface area contributed by atoms with E-state index in [1.165, 1.54) is 53.6 Å². The number of fused-ring (bicyclic) bond motifs is 7. The average molecular weight is 455 g/mol. The van der Waals surface area contributed by atoms with Gasteiger partial charge in [-0.1, -0.05) is 24.3 Å². The van der Waals surface area contributed by atoms with Crippen molar-refractivity contribution in [3.05, 3.63) is 87.9 Å². The fraction of sp³-hybridized carbons (Fsp3) is 0.143. The van der Waals surface area contributed by atoms with E-state index in [0.717, 1.165) is 47.1 Å². The van der Waals surface area contributed by atoms with Gasteiger partial charge in [-0.2, -0.15) is 4.39 Å². The van der Waals surface area contributed by atoms with E-state index in [0.29, 0.717) is 0 Å². The number of rotatable bonds is 3. The Morgan fingerprint density at radius 2 is 1.47 bits per heavy atom. The minimum absolute atomic E-state index is 0.125. The van der Waals surface area contributed by atoms with Crippen LogP contribution < -0.4 is 4.74 Å². The Kier molecular flexibility index (Phi) is 4.08. The topological polar surface area (TPSA) is 9.23 Å². The molecule has 0 radical (unpaired) electrons. The van der Waals surface area contributed by atoms with Gasteiger partial charge >= 0.3 is 0 Å². The van der Waals surface area contributed by atoms with E-state index >= 15 is 0 Å². The fourth-order valence-corrected chi connectivity index (χ4v) is 6.84. The summed E-state index contributed by atoms with van der Waals surface area (Å²) in [6.45, 7) is 0.809. The highest BCUT2D eigenvalue weighted by Gasteiger charge is 2.13. The molecule has 32 heavy (non-hydrogen) atoms. The van der Waals surface area contributed by atoms with Crippen LogP contribution in [0, 0.1) is 5.13 Å². The van der Waals surface area contributed by atoms with Gasteiger partial charge in [0.25, 0.3) is 0 Å². The highest BCUT2D eigenvalue weighted by molar-refractivity contribution is 7.19. The monoisotopic (exact) mass is 454 g/mol. The molecule has 1 aliphatic rings. The Hall–Kier alpha value is -2.95. The maximum absolute atomic E-state index is 13.8. The van der Waals surface area contributed by atoms with Crippen molar-refractivity contribution < 1.29 is 9.13 Å². The maximum Gasteiger partial charge on any atom is 0.177 e. The molecule has 2 aromatic heterocycles. The van der Waals surface area contributed by atoms with Crippen molar-refractivity contribution in [1.29, 1.82) is 0 Å². The zero-order chi connectivity index (χ0) is 21.2. The molecular weight excluding hydrogens is 435 g/mol. The van der Waals surface area contributed by atoms with Crippen molar-refractivity contribution in [1.82, 2.24) is 0 Å². The molecule has 0 fully saturated rings. The van der Waals surface area contributed by atoms with Crippen molar-refractivity contribution in [2.75, 3.05) is 6.61 Å². The number of thiophene rings is 2. The van der Waals surface area contributed by atoms with Crippen LogP contribution in [-0.2, 0) is 19.3 Å². The Balaban J connectivity index is 1.28. The van der Waals surface area contributed by atoms with Crippen LogP contribution in [0.25, 0.3) is 41.7 Å². The van der Waals surface area contributed by atoms with Crippen LogP contribution >= 0.6 is 22.7 Å². The standard InChI is InChI=1S/C28H19FOS2/c29-28-15-24-22-13-18-4-7-26-23(21(18)12-19(22)5-8-27(24)32-28)14-20(31-26)6-2-16-1-3-17-9-10-30-25(17)11-16/h1,3-5,7-8,11-15H,2,6,9-10H2. The van der Waals surface area contributed by atoms with E-state index in [-0.39, 0.29) is 5.13 Å². The smallest absolute Gasteiger partial charge is 0.177 e. The maximum atomic E-state index is 13.8. The van der Waals surface area contributed by atoms with Crippen LogP contribution in [0.5, 0.6) is 5.75 Å². The number of hydrogen-bond donors (Lipinski definition) is 0. The van der Waals surface area contributed by atoms with Gasteiger partial charge in [0.05, 0.1) is 6.61 Å². The lowest BCUT2D eigenvalue weighted by molar-refractivity contribution is 0.356. The quantitative estimate of drug-likeness (QED) is 0.244. The summed E-state index contributed by atoms with van der Waals surface area (Å²) in [5.41, 5.74) is 2.67. The Bertz CT molecular complexity index is 1670.